The summed E-state index contributed by atoms with van der Waals surface area (Å²) < 4.78 is 0. The van der Waals surface area contributed by atoms with Gasteiger partial charge in [0.05, 0.1) is 49.3 Å². The fourth-order valence-corrected chi connectivity index (χ4v) is 15.8. The highest BCUT2D eigenvalue weighted by Crippen LogP contribution is 2.55. The normalized spacial score (nSPS) is 51.8. The van der Waals surface area contributed by atoms with Crippen LogP contribution < -0.4 is 37.4 Å². The van der Waals surface area contributed by atoms with Gasteiger partial charge in [0.1, 0.15) is 0 Å². The second kappa shape index (κ2) is 14.1. The maximum atomic E-state index is 4.54. The van der Waals surface area contributed by atoms with E-state index >= 15 is 0 Å². The van der Waals surface area contributed by atoms with Crippen LogP contribution in [-0.2, 0) is 0 Å². The van der Waals surface area contributed by atoms with Crippen molar-refractivity contribution in [3.05, 3.63) is 0 Å². The van der Waals surface area contributed by atoms with Crippen LogP contribution in [0.3, 0.4) is 0 Å². The average Bonchev–Trinajstić information content (AvgIpc) is 3.82. The minimum absolute atomic E-state index is 0.278. The lowest BCUT2D eigenvalue weighted by molar-refractivity contribution is -0.0948. The fourth-order valence-electron chi connectivity index (χ4n) is 15.8. The van der Waals surface area contributed by atoms with Crippen LogP contribution >= 0.6 is 0 Å². The molecule has 0 aromatic carbocycles. The van der Waals surface area contributed by atoms with Crippen molar-refractivity contribution in [3.8, 4) is 0 Å². The van der Waals surface area contributed by atoms with Crippen LogP contribution in [-0.4, -0.2) is 59.3 Å². The molecule has 20 atom stereocenters. The molecule has 0 aromatic heterocycles. The monoisotopic (exact) mass is 790 g/mol. The standard InChI is InChI=1S/C48H87N9/c1-45(2,3)25-13-17-29-33(21-25)39-49-37(29)51-43-36-24-28(48(10,11)12)16-20-32(36)42-54-40-34-22-26(46(4,5)6)14-18-30(34)38(50-40)52-44-35-23-27(47(7,8)9)15-19-31(35)41(53-39)56(44)55-57(42)43/h25-44,49-55H,13-24H2,1-12H3. The molecule has 4 aliphatic carbocycles. The van der Waals surface area contributed by atoms with Crippen molar-refractivity contribution in [3.63, 3.8) is 0 Å². The highest BCUT2D eigenvalue weighted by atomic mass is 15.8. The lowest BCUT2D eigenvalue weighted by Crippen LogP contribution is -2.73. The SMILES string of the molecule is CC(C)(C)C1CCC2C3NC(NC4C5CCC(C(C)(C)C)CC5C5NC6NC(NC7C8CCC(C(C)(C)C)CC8C(N3)N7NN45)C3CC(C(C)(C)C)CCC63)C2C1. The van der Waals surface area contributed by atoms with Crippen molar-refractivity contribution in [2.45, 2.75) is 209 Å². The van der Waals surface area contributed by atoms with Crippen LogP contribution in [0.4, 0.5) is 0 Å². The summed E-state index contributed by atoms with van der Waals surface area (Å²) in [4.78, 5) is 0. The summed E-state index contributed by atoms with van der Waals surface area (Å²) in [6.45, 7) is 30.1. The molecule has 20 unspecified atom stereocenters. The Hall–Kier alpha value is -0.360. The van der Waals surface area contributed by atoms with Crippen LogP contribution in [0, 0.1) is 92.7 Å². The Balaban J connectivity index is 1.08. The van der Waals surface area contributed by atoms with Gasteiger partial charge in [-0.1, -0.05) is 83.1 Å². The van der Waals surface area contributed by atoms with Crippen LogP contribution in [0.15, 0.2) is 0 Å². The Morgan fingerprint density at radius 2 is 0.561 bits per heavy atom. The fraction of sp³-hybridized carbons (Fsp3) is 1.00. The van der Waals surface area contributed by atoms with Gasteiger partial charge in [-0.15, -0.1) is 0 Å². The topological polar surface area (TPSA) is 90.7 Å². The highest BCUT2D eigenvalue weighted by Gasteiger charge is 2.63. The molecule has 0 amide bonds. The summed E-state index contributed by atoms with van der Waals surface area (Å²) in [6, 6.07) is 0. The van der Waals surface area contributed by atoms with Gasteiger partial charge in [0.2, 0.25) is 0 Å². The molecule has 4 saturated carbocycles. The summed E-state index contributed by atoms with van der Waals surface area (Å²) in [6.07, 6.45) is 18.5. The van der Waals surface area contributed by atoms with E-state index < -0.39 is 0 Å². The Morgan fingerprint density at radius 1 is 0.298 bits per heavy atom. The Morgan fingerprint density at radius 3 is 0.877 bits per heavy atom. The molecule has 9 heteroatoms. The molecule has 57 heavy (non-hydrogen) atoms. The van der Waals surface area contributed by atoms with E-state index in [4.69, 9.17) is 0 Å². The van der Waals surface area contributed by atoms with Crippen molar-refractivity contribution in [2.24, 2.45) is 92.7 Å². The largest absolute Gasteiger partial charge is 0.286 e. The number of fused-ring (bicyclic) bond motifs is 16. The number of nitrogens with one attached hydrogen (secondary N) is 7. The quantitative estimate of drug-likeness (QED) is 0.135. The third-order valence-corrected chi connectivity index (χ3v) is 19.6. The zero-order valence-electron chi connectivity index (χ0n) is 38.4. The van der Waals surface area contributed by atoms with Gasteiger partial charge in [0.25, 0.3) is 0 Å². The summed E-state index contributed by atoms with van der Waals surface area (Å²) in [5, 5.41) is 32.6. The first-order valence-electron chi connectivity index (χ1n) is 24.6. The van der Waals surface area contributed by atoms with Gasteiger partial charge in [0, 0.05) is 0 Å². The number of hydrogen-bond donors (Lipinski definition) is 7. The molecule has 324 valence electrons. The molecule has 0 spiro atoms. The van der Waals surface area contributed by atoms with Gasteiger partial charge in [-0.3, -0.25) is 31.9 Å². The third kappa shape index (κ3) is 6.96. The lowest BCUT2D eigenvalue weighted by Gasteiger charge is -2.45. The van der Waals surface area contributed by atoms with Crippen molar-refractivity contribution >= 4 is 0 Å². The molecule has 10 fully saturated rings. The first-order chi connectivity index (χ1) is 26.7. The minimum atomic E-state index is 0.278. The zero-order valence-corrected chi connectivity index (χ0v) is 38.4. The summed E-state index contributed by atoms with van der Waals surface area (Å²) in [5.41, 5.74) is 5.83. The van der Waals surface area contributed by atoms with E-state index in [-0.39, 0.29) is 24.7 Å². The van der Waals surface area contributed by atoms with Crippen LogP contribution in [0.5, 0.6) is 0 Å². The first kappa shape index (κ1) is 40.7. The van der Waals surface area contributed by atoms with Gasteiger partial charge < -0.3 is 0 Å². The first-order valence-corrected chi connectivity index (χ1v) is 24.6. The molecule has 0 aromatic rings. The molecule has 6 saturated heterocycles. The maximum Gasteiger partial charge on any atom is 0.0808 e. The van der Waals surface area contributed by atoms with Crippen molar-refractivity contribution in [1.29, 1.82) is 0 Å². The van der Waals surface area contributed by atoms with E-state index in [0.29, 0.717) is 93.7 Å². The summed E-state index contributed by atoms with van der Waals surface area (Å²) >= 11 is 0. The summed E-state index contributed by atoms with van der Waals surface area (Å²) in [5.74, 6) is 8.13. The summed E-state index contributed by atoms with van der Waals surface area (Å²) in [7, 11) is 0. The third-order valence-electron chi connectivity index (χ3n) is 19.6. The molecule has 0 radical (unpaired) electrons. The molecule has 6 bridgehead atoms. The van der Waals surface area contributed by atoms with Crippen LogP contribution in [0.1, 0.15) is 160 Å². The number of rotatable bonds is 0. The van der Waals surface area contributed by atoms with Gasteiger partial charge in [-0.25, -0.2) is 0 Å². The van der Waals surface area contributed by atoms with Crippen LogP contribution in [0.2, 0.25) is 0 Å². The maximum absolute atomic E-state index is 4.54. The van der Waals surface area contributed by atoms with Crippen molar-refractivity contribution in [1.82, 2.24) is 47.5 Å². The predicted molar refractivity (Wildman–Crippen MR) is 231 cm³/mol. The van der Waals surface area contributed by atoms with E-state index in [1.165, 1.54) is 77.0 Å². The van der Waals surface area contributed by atoms with E-state index in [2.05, 4.69) is 131 Å². The molecule has 6 aliphatic heterocycles. The van der Waals surface area contributed by atoms with Gasteiger partial charge in [-0.05, 0) is 170 Å². The number of nitrogens with zero attached hydrogens (tertiary/aromatic N) is 2. The molecular formula is C48H87N9. The highest BCUT2D eigenvalue weighted by molar-refractivity contribution is 5.12. The number of hydrazine groups is 2. The van der Waals surface area contributed by atoms with E-state index in [9.17, 15) is 0 Å². The number of hydrogen-bond acceptors (Lipinski definition) is 9. The molecule has 7 N–H and O–H groups in total. The second-order valence-corrected chi connectivity index (χ2v) is 26.4. The Labute approximate surface area is 348 Å². The Bertz CT molecular complexity index is 1370. The predicted octanol–water partition coefficient (Wildman–Crippen LogP) is 7.55. The Kier molecular flexibility index (Phi) is 10.0. The molecular weight excluding hydrogens is 703 g/mol. The molecule has 10 aliphatic rings. The minimum Gasteiger partial charge on any atom is -0.286 e. The second-order valence-electron chi connectivity index (χ2n) is 26.4. The van der Waals surface area contributed by atoms with Crippen molar-refractivity contribution in [2.75, 3.05) is 0 Å². The lowest BCUT2D eigenvalue weighted by atomic mass is 9.64. The molecule has 9 nitrogen and oxygen atoms in total. The van der Waals surface area contributed by atoms with Gasteiger partial charge >= 0.3 is 0 Å². The van der Waals surface area contributed by atoms with E-state index in [0.717, 1.165) is 23.7 Å². The smallest absolute Gasteiger partial charge is 0.0808 e. The average molecular weight is 790 g/mol. The van der Waals surface area contributed by atoms with Gasteiger partial charge in [-0.2, -0.15) is 15.6 Å². The zero-order chi connectivity index (χ0) is 40.1. The van der Waals surface area contributed by atoms with Gasteiger partial charge in [0.15, 0.2) is 0 Å². The van der Waals surface area contributed by atoms with Crippen LogP contribution in [0.25, 0.3) is 0 Å². The molecule has 10 rings (SSSR count). The van der Waals surface area contributed by atoms with E-state index in [1.807, 2.05) is 0 Å². The van der Waals surface area contributed by atoms with Crippen molar-refractivity contribution < 1.29 is 0 Å². The molecule has 6 heterocycles. The van der Waals surface area contributed by atoms with E-state index in [1.54, 1.807) is 0 Å².